The lowest BCUT2D eigenvalue weighted by atomic mass is 9.58. The van der Waals surface area contributed by atoms with Gasteiger partial charge in [-0.2, -0.15) is 0 Å². The molecular formula is C32H49N3O6. The first-order valence-electron chi connectivity index (χ1n) is 15.0. The maximum Gasteiger partial charge on any atom is 0.338 e. The minimum atomic E-state index is -0.952. The highest BCUT2D eigenvalue weighted by atomic mass is 16.5. The van der Waals surface area contributed by atoms with E-state index in [4.69, 9.17) is 9.84 Å². The highest BCUT2D eigenvalue weighted by Crippen LogP contribution is 2.51. The van der Waals surface area contributed by atoms with Crippen LogP contribution in [0.25, 0.3) is 0 Å². The Morgan fingerprint density at radius 3 is 2.32 bits per heavy atom. The molecule has 9 nitrogen and oxygen atoms in total. The van der Waals surface area contributed by atoms with Gasteiger partial charge >= 0.3 is 11.9 Å². The van der Waals surface area contributed by atoms with Crippen LogP contribution in [0, 0.1) is 23.2 Å². The first kappa shape index (κ1) is 32.7. The number of ether oxygens (including phenoxy) is 1. The van der Waals surface area contributed by atoms with E-state index in [1.807, 2.05) is 24.3 Å². The van der Waals surface area contributed by atoms with E-state index in [-0.39, 0.29) is 30.1 Å². The quantitative estimate of drug-likeness (QED) is 0.320. The number of carboxylic acids is 1. The first-order chi connectivity index (χ1) is 19.5. The van der Waals surface area contributed by atoms with Gasteiger partial charge in [-0.05, 0) is 80.4 Å². The summed E-state index contributed by atoms with van der Waals surface area (Å²) in [5.41, 5.74) is 1.74. The number of hydrogen-bond donors (Lipinski definition) is 2. The molecule has 1 heterocycles. The minimum absolute atomic E-state index is 0.0119. The Bertz CT molecular complexity index is 1020. The van der Waals surface area contributed by atoms with Gasteiger partial charge in [0.2, 0.25) is 5.91 Å². The third kappa shape index (κ3) is 10.5. The lowest BCUT2D eigenvalue weighted by Crippen LogP contribution is -2.44. The number of aliphatic carboxylic acids is 1. The van der Waals surface area contributed by atoms with Crippen molar-refractivity contribution in [3.05, 3.63) is 35.4 Å². The number of likely N-dealkylation sites (N-methyl/N-ethyl adjacent to an activating group) is 1. The van der Waals surface area contributed by atoms with Crippen LogP contribution in [0.1, 0.15) is 81.1 Å². The average molecular weight is 572 g/mol. The molecule has 3 fully saturated rings. The first-order valence-corrected chi connectivity index (χ1v) is 15.0. The number of carbonyl (C=O) groups excluding carboxylic acids is 3. The van der Waals surface area contributed by atoms with E-state index in [2.05, 4.69) is 36.0 Å². The van der Waals surface area contributed by atoms with Crippen molar-refractivity contribution in [3.8, 4) is 0 Å². The smallest absolute Gasteiger partial charge is 0.338 e. The largest absolute Gasteiger partial charge is 0.481 e. The number of benzene rings is 1. The van der Waals surface area contributed by atoms with Crippen molar-refractivity contribution < 1.29 is 29.0 Å². The molecule has 4 rings (SSSR count). The van der Waals surface area contributed by atoms with E-state index in [0.29, 0.717) is 18.3 Å². The van der Waals surface area contributed by atoms with E-state index in [0.717, 1.165) is 68.9 Å². The second kappa shape index (κ2) is 15.4. The summed E-state index contributed by atoms with van der Waals surface area (Å²) in [5.74, 6) is 0.927. The molecular weight excluding hydrogens is 522 g/mol. The number of nitrogens with zero attached hydrogens (tertiary/aromatic N) is 2. The fraction of sp³-hybridized carbons (Fsp3) is 0.688. The van der Waals surface area contributed by atoms with Crippen molar-refractivity contribution in [3.63, 3.8) is 0 Å². The SMILES string of the molecule is CC1CC2CC(C1)CC(C)(CC(=O)NC(C=O)CCC(=O)O)C2.COC(=O)c1ccccc1CN1CCN(C)CC1. The summed E-state index contributed by atoms with van der Waals surface area (Å²) in [6.45, 7) is 9.60. The molecule has 41 heavy (non-hydrogen) atoms. The van der Waals surface area contributed by atoms with Crippen molar-refractivity contribution in [1.82, 2.24) is 15.1 Å². The number of carbonyl (C=O) groups is 4. The van der Waals surface area contributed by atoms with Crippen LogP contribution in [0.5, 0.6) is 0 Å². The number of nitrogens with one attached hydrogen (secondary N) is 1. The molecule has 3 aliphatic rings. The molecule has 1 aliphatic heterocycles. The summed E-state index contributed by atoms with van der Waals surface area (Å²) in [7, 11) is 3.56. The fourth-order valence-corrected chi connectivity index (χ4v) is 7.17. The number of fused-ring (bicyclic) bond motifs is 2. The van der Waals surface area contributed by atoms with Gasteiger partial charge in [0.25, 0.3) is 0 Å². The second-order valence-corrected chi connectivity index (χ2v) is 12.9. The summed E-state index contributed by atoms with van der Waals surface area (Å²) < 4.78 is 4.82. The number of carboxylic acid groups (broad SMARTS) is 1. The Balaban J connectivity index is 0.000000232. The van der Waals surface area contributed by atoms with Crippen LogP contribution in [-0.4, -0.2) is 85.4 Å². The van der Waals surface area contributed by atoms with Crippen molar-refractivity contribution in [2.45, 2.75) is 77.8 Å². The minimum Gasteiger partial charge on any atom is -0.481 e. The zero-order valence-electron chi connectivity index (χ0n) is 25.3. The number of aldehydes is 1. The van der Waals surface area contributed by atoms with Crippen LogP contribution < -0.4 is 5.32 Å². The molecule has 0 aromatic heterocycles. The molecule has 228 valence electrons. The fourth-order valence-electron chi connectivity index (χ4n) is 7.17. The Hall–Kier alpha value is -2.78. The van der Waals surface area contributed by atoms with Crippen LogP contribution in [0.3, 0.4) is 0 Å². The number of piperazine rings is 1. The molecule has 3 unspecified atom stereocenters. The molecule has 1 saturated heterocycles. The van der Waals surface area contributed by atoms with Crippen LogP contribution in [0.4, 0.5) is 0 Å². The zero-order valence-corrected chi connectivity index (χ0v) is 25.3. The van der Waals surface area contributed by atoms with Crippen LogP contribution in [-0.2, 0) is 25.7 Å². The Morgan fingerprint density at radius 1 is 1.10 bits per heavy atom. The summed E-state index contributed by atoms with van der Waals surface area (Å²) in [4.78, 5) is 50.3. The molecule has 1 aromatic rings. The number of methoxy groups -OCH3 is 1. The Morgan fingerprint density at radius 2 is 1.73 bits per heavy atom. The molecule has 2 saturated carbocycles. The van der Waals surface area contributed by atoms with Gasteiger partial charge < -0.3 is 24.9 Å². The van der Waals surface area contributed by atoms with E-state index in [1.54, 1.807) is 0 Å². The molecule has 9 heteroatoms. The Labute approximate surface area is 245 Å². The highest BCUT2D eigenvalue weighted by Gasteiger charge is 2.42. The third-order valence-corrected chi connectivity index (χ3v) is 8.88. The molecule has 2 bridgehead atoms. The van der Waals surface area contributed by atoms with Gasteiger partial charge in [0.1, 0.15) is 6.29 Å². The monoisotopic (exact) mass is 571 g/mol. The van der Waals surface area contributed by atoms with Gasteiger partial charge in [0.15, 0.2) is 0 Å². The molecule has 0 radical (unpaired) electrons. The normalized spacial score (nSPS) is 27.1. The van der Waals surface area contributed by atoms with Crippen LogP contribution in [0.2, 0.25) is 0 Å². The third-order valence-electron chi connectivity index (χ3n) is 8.88. The van der Waals surface area contributed by atoms with Gasteiger partial charge in [0, 0.05) is 45.6 Å². The second-order valence-electron chi connectivity index (χ2n) is 12.9. The molecule has 1 aromatic carbocycles. The van der Waals surface area contributed by atoms with Crippen LogP contribution in [0.15, 0.2) is 24.3 Å². The summed E-state index contributed by atoms with van der Waals surface area (Å²) in [5, 5.41) is 11.4. The van der Waals surface area contributed by atoms with Gasteiger partial charge in [0.05, 0.1) is 18.7 Å². The number of rotatable bonds is 10. The molecule has 2 aliphatic carbocycles. The van der Waals surface area contributed by atoms with E-state index in [9.17, 15) is 19.2 Å². The predicted molar refractivity (Wildman–Crippen MR) is 157 cm³/mol. The van der Waals surface area contributed by atoms with Crippen molar-refractivity contribution >= 4 is 24.1 Å². The van der Waals surface area contributed by atoms with Gasteiger partial charge in [-0.1, -0.05) is 32.0 Å². The predicted octanol–water partition coefficient (Wildman–Crippen LogP) is 4.00. The van der Waals surface area contributed by atoms with E-state index >= 15 is 0 Å². The molecule has 0 spiro atoms. The maximum atomic E-state index is 12.3. The summed E-state index contributed by atoms with van der Waals surface area (Å²) in [6, 6.07) is 6.99. The standard InChI is InChI=1S/C18H29NO4.C14H20N2O2/c1-12-5-13-7-14(6-12)9-18(2,8-13)10-16(21)19-15(11-20)3-4-17(22)23;1-15-7-9-16(10-8-15)11-12-5-3-4-6-13(12)14(17)18-2/h11-15H,3-10H2,1-2H3,(H,19,21)(H,22,23);3-6H,7-11H2,1-2H3. The molecule has 1 amide bonds. The van der Waals surface area contributed by atoms with E-state index < -0.39 is 12.0 Å². The van der Waals surface area contributed by atoms with E-state index in [1.165, 1.54) is 26.4 Å². The topological polar surface area (TPSA) is 116 Å². The van der Waals surface area contributed by atoms with Crippen molar-refractivity contribution in [2.75, 3.05) is 40.3 Å². The lowest BCUT2D eigenvalue weighted by Gasteiger charge is -2.47. The average Bonchev–Trinajstić information content (AvgIpc) is 2.91. The maximum absolute atomic E-state index is 12.3. The molecule has 2 N–H and O–H groups in total. The molecule has 3 atom stereocenters. The van der Waals surface area contributed by atoms with Crippen molar-refractivity contribution in [1.29, 1.82) is 0 Å². The van der Waals surface area contributed by atoms with Gasteiger partial charge in [-0.3, -0.25) is 14.5 Å². The van der Waals surface area contributed by atoms with Gasteiger partial charge in [-0.25, -0.2) is 4.79 Å². The number of hydrogen-bond acceptors (Lipinski definition) is 7. The number of esters is 1. The summed E-state index contributed by atoms with van der Waals surface area (Å²) >= 11 is 0. The zero-order chi connectivity index (χ0) is 30.0. The van der Waals surface area contributed by atoms with Crippen LogP contribution >= 0.6 is 0 Å². The van der Waals surface area contributed by atoms with Crippen molar-refractivity contribution in [2.24, 2.45) is 23.2 Å². The summed E-state index contributed by atoms with van der Waals surface area (Å²) in [6.07, 6.45) is 7.13. The highest BCUT2D eigenvalue weighted by molar-refractivity contribution is 5.90. The van der Waals surface area contributed by atoms with Gasteiger partial charge in [-0.15, -0.1) is 0 Å². The number of amides is 1. The lowest BCUT2D eigenvalue weighted by molar-refractivity contribution is -0.137. The Kier molecular flexibility index (Phi) is 12.3.